The van der Waals surface area contributed by atoms with Crippen LogP contribution in [-0.2, 0) is 35.1 Å². The van der Waals surface area contributed by atoms with E-state index in [1.54, 1.807) is 31.7 Å². The van der Waals surface area contributed by atoms with E-state index in [4.69, 9.17) is 9.72 Å². The third-order valence-corrected chi connectivity index (χ3v) is 10.9. The van der Waals surface area contributed by atoms with Crippen molar-refractivity contribution in [2.45, 2.75) is 118 Å². The molecule has 5 amide bonds. The Bertz CT molecular complexity index is 1610. The molecule has 0 fully saturated rings. The number of aromatic nitrogens is 1. The molecule has 0 saturated carbocycles. The fraction of sp³-hybridized carbons (Fsp3) is 0.605. The predicted molar refractivity (Wildman–Crippen MR) is 226 cm³/mol. The van der Waals surface area contributed by atoms with Gasteiger partial charge < -0.3 is 30.5 Å². The number of hydrogen-bond acceptors (Lipinski definition) is 9. The van der Waals surface area contributed by atoms with Gasteiger partial charge in [-0.2, -0.15) is 0 Å². The Labute approximate surface area is 343 Å². The fourth-order valence-corrected chi connectivity index (χ4v) is 7.27. The SMILES string of the molecule is CC[C@H](C)CC(=O)N(C)C(CC(OC)c1nc(C(=O)NC(Cc2ccc(NC(=O)CNC(=O)CCCCCN(C)C(=O)/C=C\C=O)cc2)CC(C)C)cs1)C(C)C. The van der Waals surface area contributed by atoms with Crippen LogP contribution in [0.4, 0.5) is 5.69 Å². The number of carbonyl (C=O) groups is 6. The van der Waals surface area contributed by atoms with Crippen molar-refractivity contribution in [1.29, 1.82) is 0 Å². The number of anilines is 1. The van der Waals surface area contributed by atoms with Crippen LogP contribution in [0.2, 0.25) is 0 Å². The highest BCUT2D eigenvalue weighted by atomic mass is 32.1. The van der Waals surface area contributed by atoms with Gasteiger partial charge in [0.25, 0.3) is 5.91 Å². The van der Waals surface area contributed by atoms with Crippen molar-refractivity contribution in [3.63, 3.8) is 0 Å². The van der Waals surface area contributed by atoms with Crippen molar-refractivity contribution in [3.05, 3.63) is 58.1 Å². The zero-order chi connectivity index (χ0) is 42.5. The number of nitrogens with one attached hydrogen (secondary N) is 3. The number of methoxy groups -OCH3 is 1. The van der Waals surface area contributed by atoms with Gasteiger partial charge in [0.2, 0.25) is 23.6 Å². The van der Waals surface area contributed by atoms with Crippen LogP contribution in [0.1, 0.15) is 120 Å². The van der Waals surface area contributed by atoms with E-state index in [2.05, 4.69) is 57.5 Å². The molecule has 0 bridgehead atoms. The van der Waals surface area contributed by atoms with Crippen LogP contribution >= 0.6 is 11.3 Å². The zero-order valence-corrected chi connectivity index (χ0v) is 36.3. The molecule has 14 heteroatoms. The van der Waals surface area contributed by atoms with E-state index in [9.17, 15) is 28.8 Å². The molecule has 57 heavy (non-hydrogen) atoms. The third kappa shape index (κ3) is 18.1. The van der Waals surface area contributed by atoms with Crippen molar-refractivity contribution in [2.24, 2.45) is 17.8 Å². The van der Waals surface area contributed by atoms with Gasteiger partial charge in [0.1, 0.15) is 23.1 Å². The lowest BCUT2D eigenvalue weighted by Gasteiger charge is -2.34. The molecule has 2 aromatic rings. The van der Waals surface area contributed by atoms with Crippen LogP contribution in [0.3, 0.4) is 0 Å². The number of benzene rings is 1. The van der Waals surface area contributed by atoms with Crippen molar-refractivity contribution in [2.75, 3.05) is 39.6 Å². The first-order chi connectivity index (χ1) is 27.1. The average Bonchev–Trinajstić information content (AvgIpc) is 3.66. The molecule has 1 aromatic carbocycles. The number of unbranched alkanes of at least 4 members (excludes halogenated alkanes) is 2. The molecule has 0 saturated heterocycles. The van der Waals surface area contributed by atoms with Crippen molar-refractivity contribution in [1.82, 2.24) is 25.4 Å². The first-order valence-electron chi connectivity index (χ1n) is 20.1. The summed E-state index contributed by atoms with van der Waals surface area (Å²) >= 11 is 1.38. The third-order valence-electron chi connectivity index (χ3n) is 10.00. The summed E-state index contributed by atoms with van der Waals surface area (Å²) in [6.45, 7) is 13.0. The van der Waals surface area contributed by atoms with Gasteiger partial charge in [-0.15, -0.1) is 11.3 Å². The van der Waals surface area contributed by atoms with E-state index in [1.807, 2.05) is 24.1 Å². The first kappa shape index (κ1) is 48.7. The number of nitrogens with zero attached hydrogens (tertiary/aromatic N) is 3. The summed E-state index contributed by atoms with van der Waals surface area (Å²) in [7, 11) is 5.16. The number of carbonyl (C=O) groups excluding carboxylic acids is 6. The van der Waals surface area contributed by atoms with Crippen molar-refractivity contribution in [3.8, 4) is 0 Å². The largest absolute Gasteiger partial charge is 0.374 e. The van der Waals surface area contributed by atoms with Gasteiger partial charge in [-0.25, -0.2) is 4.98 Å². The molecule has 2 rings (SSSR count). The quantitative estimate of drug-likeness (QED) is 0.0561. The molecule has 1 heterocycles. The van der Waals surface area contributed by atoms with E-state index in [0.29, 0.717) is 66.7 Å². The van der Waals surface area contributed by atoms with E-state index < -0.39 is 0 Å². The summed E-state index contributed by atoms with van der Waals surface area (Å²) in [4.78, 5) is 81.5. The Balaban J connectivity index is 1.90. The number of aldehydes is 1. The minimum absolute atomic E-state index is 0.0470. The van der Waals surface area contributed by atoms with Gasteiger partial charge in [-0.05, 0) is 67.2 Å². The molecular formula is C43H66N6O7S. The van der Waals surface area contributed by atoms with E-state index in [1.165, 1.54) is 22.3 Å². The lowest BCUT2D eigenvalue weighted by Crippen LogP contribution is -2.42. The number of hydrogen-bond donors (Lipinski definition) is 3. The summed E-state index contributed by atoms with van der Waals surface area (Å²) in [6, 6.07) is 7.23. The lowest BCUT2D eigenvalue weighted by molar-refractivity contribution is -0.134. The highest BCUT2D eigenvalue weighted by Crippen LogP contribution is 2.30. The van der Waals surface area contributed by atoms with Crippen molar-refractivity contribution >= 4 is 52.8 Å². The standard InChI is InChI=1S/C43H66N6O7S/c1-10-31(6)24-41(54)49(8)36(30(4)5)26-37(56-9)43-47-35(28-57-43)42(55)46-34(23-29(2)3)25-32-17-19-33(20-18-32)45-39(52)27-44-38(51)15-12-11-13-21-48(7)40(53)16-14-22-50/h14,16-20,22,28-31,34,36-37H,10-13,15,21,23-27H2,1-9H3,(H,44,51)(H,45,52)(H,46,55)/b16-14-/t31-,34?,36?,37?/m0/s1. The zero-order valence-electron chi connectivity index (χ0n) is 35.5. The summed E-state index contributed by atoms with van der Waals surface area (Å²) in [5.74, 6) is -0.0938. The van der Waals surface area contributed by atoms with Crippen molar-refractivity contribution < 1.29 is 33.5 Å². The second-order valence-electron chi connectivity index (χ2n) is 15.7. The molecule has 316 valence electrons. The molecule has 4 atom stereocenters. The Morgan fingerprint density at radius 3 is 2.26 bits per heavy atom. The first-order valence-corrected chi connectivity index (χ1v) is 21.0. The second-order valence-corrected chi connectivity index (χ2v) is 16.5. The van der Waals surface area contributed by atoms with E-state index in [0.717, 1.165) is 37.3 Å². The maximum absolute atomic E-state index is 13.5. The van der Waals surface area contributed by atoms with Gasteiger partial charge >= 0.3 is 0 Å². The topological polar surface area (TPSA) is 167 Å². The summed E-state index contributed by atoms with van der Waals surface area (Å²) < 4.78 is 5.87. The van der Waals surface area contributed by atoms with Crippen LogP contribution in [-0.4, -0.2) is 97.0 Å². The number of likely N-dealkylation sites (N-methyl/N-ethyl adjacent to an activating group) is 1. The van der Waals surface area contributed by atoms with Gasteiger partial charge in [0.15, 0.2) is 0 Å². The number of thiazole rings is 1. The molecular weight excluding hydrogens is 745 g/mol. The Hall–Kier alpha value is -4.43. The predicted octanol–water partition coefficient (Wildman–Crippen LogP) is 6.36. The van der Waals surface area contributed by atoms with Gasteiger partial charge in [-0.3, -0.25) is 28.8 Å². The monoisotopic (exact) mass is 810 g/mol. The summed E-state index contributed by atoms with van der Waals surface area (Å²) in [5, 5.41) is 11.1. The van der Waals surface area contributed by atoms with E-state index >= 15 is 0 Å². The molecule has 0 spiro atoms. The molecule has 3 unspecified atom stereocenters. The Morgan fingerprint density at radius 2 is 1.65 bits per heavy atom. The minimum Gasteiger partial charge on any atom is -0.374 e. The number of amides is 5. The summed E-state index contributed by atoms with van der Waals surface area (Å²) in [5.41, 5.74) is 1.92. The highest BCUT2D eigenvalue weighted by molar-refractivity contribution is 7.09. The molecule has 13 nitrogen and oxygen atoms in total. The van der Waals surface area contributed by atoms with Crippen LogP contribution in [0.25, 0.3) is 0 Å². The van der Waals surface area contributed by atoms with Crippen LogP contribution in [0, 0.1) is 17.8 Å². The molecule has 0 aliphatic rings. The Kier molecular flexibility index (Phi) is 22.0. The maximum Gasteiger partial charge on any atom is 0.270 e. The second kappa shape index (κ2) is 25.7. The number of ether oxygens (including phenoxy) is 1. The lowest BCUT2D eigenvalue weighted by atomic mass is 9.95. The molecule has 1 aromatic heterocycles. The minimum atomic E-state index is -0.364. The van der Waals surface area contributed by atoms with Gasteiger partial charge in [0, 0.05) is 76.2 Å². The average molecular weight is 811 g/mol. The fourth-order valence-electron chi connectivity index (χ4n) is 6.38. The molecule has 0 aliphatic carbocycles. The maximum atomic E-state index is 13.5. The summed E-state index contributed by atoms with van der Waals surface area (Å²) in [6.07, 6.45) is 8.29. The smallest absolute Gasteiger partial charge is 0.270 e. The van der Waals surface area contributed by atoms with Gasteiger partial charge in [0.05, 0.1) is 6.54 Å². The van der Waals surface area contributed by atoms with Gasteiger partial charge in [-0.1, -0.05) is 66.5 Å². The van der Waals surface area contributed by atoms with Crippen LogP contribution in [0.5, 0.6) is 0 Å². The number of allylic oxidation sites excluding steroid dienone is 1. The van der Waals surface area contributed by atoms with E-state index in [-0.39, 0.29) is 66.6 Å². The molecule has 0 aliphatic heterocycles. The molecule has 3 N–H and O–H groups in total. The highest BCUT2D eigenvalue weighted by Gasteiger charge is 2.29. The van der Waals surface area contributed by atoms with Crippen LogP contribution < -0.4 is 16.0 Å². The normalized spacial score (nSPS) is 13.5. The Morgan fingerprint density at radius 1 is 0.947 bits per heavy atom. The number of rotatable bonds is 26. The van der Waals surface area contributed by atoms with Crippen LogP contribution in [0.15, 0.2) is 41.8 Å². The molecule has 0 radical (unpaired) electrons.